The molecule has 0 N–H and O–H groups in total. The number of hydrogen-bond donors (Lipinski definition) is 0. The Hall–Kier alpha value is -6.57. The number of benzene rings is 9. The average Bonchev–Trinajstić information content (AvgIpc) is 3.20. The maximum Gasteiger partial charge on any atom is 0.0273 e. The first-order valence-electron chi connectivity index (χ1n) is 17.2. The van der Waals surface area contributed by atoms with Crippen molar-refractivity contribution in [1.82, 2.24) is 4.98 Å². The summed E-state index contributed by atoms with van der Waals surface area (Å²) in [5, 5.41) is 12.6. The maximum atomic E-state index is 4.20. The molecular weight excluding hydrogens is 603 g/mol. The molecule has 1 aromatic heterocycles. The Kier molecular flexibility index (Phi) is 6.57. The van der Waals surface area contributed by atoms with Crippen LogP contribution < -0.4 is 0 Å². The van der Waals surface area contributed by atoms with Crippen LogP contribution in [0, 0.1) is 0 Å². The number of hydrogen-bond acceptors (Lipinski definition) is 1. The van der Waals surface area contributed by atoms with E-state index in [1.54, 1.807) is 0 Å². The molecule has 0 spiro atoms. The Balaban J connectivity index is 1.32. The smallest absolute Gasteiger partial charge is 0.0273 e. The van der Waals surface area contributed by atoms with Crippen molar-refractivity contribution in [3.63, 3.8) is 0 Å². The summed E-state index contributed by atoms with van der Waals surface area (Å²) in [6.07, 6.45) is 3.70. The van der Waals surface area contributed by atoms with Gasteiger partial charge in [0.15, 0.2) is 0 Å². The zero-order chi connectivity index (χ0) is 33.0. The van der Waals surface area contributed by atoms with Crippen molar-refractivity contribution in [3.8, 4) is 44.5 Å². The normalized spacial score (nSPS) is 11.6. The summed E-state index contributed by atoms with van der Waals surface area (Å²) >= 11 is 0. The largest absolute Gasteiger partial charge is 0.265 e. The molecule has 9 aromatic carbocycles. The molecule has 232 valence electrons. The lowest BCUT2D eigenvalue weighted by Gasteiger charge is -2.21. The van der Waals surface area contributed by atoms with Crippen molar-refractivity contribution in [3.05, 3.63) is 188 Å². The Morgan fingerprint density at radius 2 is 0.760 bits per heavy atom. The van der Waals surface area contributed by atoms with Gasteiger partial charge in [0.25, 0.3) is 0 Å². The minimum Gasteiger partial charge on any atom is -0.265 e. The van der Waals surface area contributed by atoms with E-state index in [0.29, 0.717) is 0 Å². The molecule has 0 radical (unpaired) electrons. The van der Waals surface area contributed by atoms with Gasteiger partial charge in [0.1, 0.15) is 0 Å². The van der Waals surface area contributed by atoms with E-state index in [-0.39, 0.29) is 0 Å². The van der Waals surface area contributed by atoms with Crippen LogP contribution in [-0.2, 0) is 0 Å². The molecule has 1 heteroatoms. The summed E-state index contributed by atoms with van der Waals surface area (Å²) in [4.78, 5) is 4.20. The predicted molar refractivity (Wildman–Crippen MR) is 214 cm³/mol. The van der Waals surface area contributed by atoms with E-state index in [0.717, 1.165) is 0 Å². The van der Waals surface area contributed by atoms with Gasteiger partial charge in [-0.2, -0.15) is 0 Å². The first kappa shape index (κ1) is 28.4. The van der Waals surface area contributed by atoms with Gasteiger partial charge in [-0.3, -0.25) is 4.98 Å². The summed E-state index contributed by atoms with van der Waals surface area (Å²) in [5.74, 6) is 0. The van der Waals surface area contributed by atoms with Crippen LogP contribution in [0.5, 0.6) is 0 Å². The van der Waals surface area contributed by atoms with Crippen molar-refractivity contribution in [2.45, 2.75) is 0 Å². The van der Waals surface area contributed by atoms with E-state index in [9.17, 15) is 0 Å². The fourth-order valence-corrected chi connectivity index (χ4v) is 8.04. The van der Waals surface area contributed by atoms with Crippen LogP contribution >= 0.6 is 0 Å². The van der Waals surface area contributed by atoms with Crippen LogP contribution in [0.4, 0.5) is 0 Å². The topological polar surface area (TPSA) is 12.9 Å². The molecule has 1 heterocycles. The molecule has 0 aliphatic heterocycles. The van der Waals surface area contributed by atoms with Gasteiger partial charge in [-0.05, 0) is 123 Å². The van der Waals surface area contributed by atoms with E-state index in [1.807, 2.05) is 12.4 Å². The van der Waals surface area contributed by atoms with Gasteiger partial charge in [0.05, 0.1) is 0 Å². The SMILES string of the molecule is c1ccc2c(-c3c4ccccc4c(-c4cc5ccccc5c5ccccc45)c4ccc(-c5ccc(-c6ccncc6)cc5)cc34)cccc2c1. The van der Waals surface area contributed by atoms with Gasteiger partial charge in [-0.25, -0.2) is 0 Å². The van der Waals surface area contributed by atoms with Crippen LogP contribution in [0.15, 0.2) is 188 Å². The van der Waals surface area contributed by atoms with E-state index in [4.69, 9.17) is 0 Å². The van der Waals surface area contributed by atoms with Crippen molar-refractivity contribution in [2.24, 2.45) is 0 Å². The van der Waals surface area contributed by atoms with Gasteiger partial charge < -0.3 is 0 Å². The number of pyridine rings is 1. The van der Waals surface area contributed by atoms with Crippen molar-refractivity contribution in [2.75, 3.05) is 0 Å². The number of rotatable bonds is 4. The van der Waals surface area contributed by atoms with Gasteiger partial charge in [-0.1, -0.05) is 152 Å². The Morgan fingerprint density at radius 1 is 0.260 bits per heavy atom. The summed E-state index contributed by atoms with van der Waals surface area (Å²) in [6.45, 7) is 0. The third kappa shape index (κ3) is 4.52. The van der Waals surface area contributed by atoms with E-state index in [1.165, 1.54) is 98.4 Å². The van der Waals surface area contributed by atoms with Crippen LogP contribution in [0.25, 0.3) is 98.4 Å². The summed E-state index contributed by atoms with van der Waals surface area (Å²) < 4.78 is 0. The lowest BCUT2D eigenvalue weighted by atomic mass is 9.82. The fourth-order valence-electron chi connectivity index (χ4n) is 8.04. The highest BCUT2D eigenvalue weighted by atomic mass is 14.6. The van der Waals surface area contributed by atoms with Gasteiger partial charge in [0, 0.05) is 12.4 Å². The third-order valence-electron chi connectivity index (χ3n) is 10.4. The molecule has 0 saturated heterocycles. The maximum absolute atomic E-state index is 4.20. The van der Waals surface area contributed by atoms with Crippen LogP contribution in [-0.4, -0.2) is 4.98 Å². The summed E-state index contributed by atoms with van der Waals surface area (Å²) in [5.41, 5.74) is 9.82. The molecule has 0 unspecified atom stereocenters. The summed E-state index contributed by atoms with van der Waals surface area (Å²) in [6, 6.07) is 64.7. The molecule has 10 aromatic rings. The molecule has 1 nitrogen and oxygen atoms in total. The number of fused-ring (bicyclic) bond motifs is 6. The molecule has 50 heavy (non-hydrogen) atoms. The van der Waals surface area contributed by atoms with E-state index in [2.05, 4.69) is 181 Å². The second-order valence-electron chi connectivity index (χ2n) is 13.1. The first-order valence-corrected chi connectivity index (χ1v) is 17.2. The van der Waals surface area contributed by atoms with Gasteiger partial charge in [-0.15, -0.1) is 0 Å². The highest BCUT2D eigenvalue weighted by Gasteiger charge is 2.20. The molecule has 10 rings (SSSR count). The quantitative estimate of drug-likeness (QED) is 0.139. The monoisotopic (exact) mass is 633 g/mol. The Labute approximate surface area is 290 Å². The second kappa shape index (κ2) is 11.5. The minimum atomic E-state index is 1.17. The second-order valence-corrected chi connectivity index (χ2v) is 13.1. The van der Waals surface area contributed by atoms with Crippen molar-refractivity contribution in [1.29, 1.82) is 0 Å². The molecule has 0 amide bonds. The van der Waals surface area contributed by atoms with Crippen molar-refractivity contribution < 1.29 is 0 Å². The molecule has 0 fully saturated rings. The number of aromatic nitrogens is 1. The van der Waals surface area contributed by atoms with Crippen LogP contribution in [0.1, 0.15) is 0 Å². The third-order valence-corrected chi connectivity index (χ3v) is 10.4. The minimum absolute atomic E-state index is 1.17. The van der Waals surface area contributed by atoms with E-state index >= 15 is 0 Å². The molecule has 0 aliphatic rings. The van der Waals surface area contributed by atoms with Crippen LogP contribution in [0.3, 0.4) is 0 Å². The molecule has 0 aliphatic carbocycles. The fraction of sp³-hybridized carbons (Fsp3) is 0. The standard InChI is InChI=1S/C49H31N/c1-3-13-38-35(10-1)12-9-19-42(38)48-43-17-7-8-18-44(43)49(46-31-37-11-2-4-14-39(37)40-15-5-6-16-41(40)46)45-25-24-36(30-47(45)48)33-22-20-32(21-23-33)34-26-28-50-29-27-34/h1-31H. The Morgan fingerprint density at radius 3 is 1.50 bits per heavy atom. The average molecular weight is 634 g/mol. The van der Waals surface area contributed by atoms with E-state index < -0.39 is 0 Å². The summed E-state index contributed by atoms with van der Waals surface area (Å²) in [7, 11) is 0. The highest BCUT2D eigenvalue weighted by Crippen LogP contribution is 2.48. The predicted octanol–water partition coefficient (Wildman–Crippen LogP) is 13.5. The molecule has 0 bridgehead atoms. The highest BCUT2D eigenvalue weighted by molar-refractivity contribution is 6.27. The lowest BCUT2D eigenvalue weighted by molar-refractivity contribution is 1.33. The Bertz CT molecular complexity index is 2900. The lowest BCUT2D eigenvalue weighted by Crippen LogP contribution is -1.93. The molecule has 0 atom stereocenters. The van der Waals surface area contributed by atoms with Crippen LogP contribution in [0.2, 0.25) is 0 Å². The zero-order valence-electron chi connectivity index (χ0n) is 27.3. The van der Waals surface area contributed by atoms with Gasteiger partial charge in [0.2, 0.25) is 0 Å². The molecular formula is C49H31N. The molecule has 0 saturated carbocycles. The zero-order valence-corrected chi connectivity index (χ0v) is 27.3. The first-order chi connectivity index (χ1) is 24.8. The number of nitrogens with zero attached hydrogens (tertiary/aromatic N) is 1. The van der Waals surface area contributed by atoms with Crippen molar-refractivity contribution >= 4 is 53.9 Å². The van der Waals surface area contributed by atoms with Gasteiger partial charge >= 0.3 is 0 Å².